The van der Waals surface area contributed by atoms with Crippen LogP contribution in [0.2, 0.25) is 0 Å². The first-order valence-electron chi connectivity index (χ1n) is 6.76. The molecule has 7 heteroatoms. The highest BCUT2D eigenvalue weighted by molar-refractivity contribution is 5.87. The minimum absolute atomic E-state index is 0. The van der Waals surface area contributed by atoms with Crippen LogP contribution in [0.4, 0.5) is 0 Å². The molecule has 0 saturated heterocycles. The molecule has 0 aliphatic heterocycles. The summed E-state index contributed by atoms with van der Waals surface area (Å²) in [6, 6.07) is 4.91. The Hall–Kier alpha value is -1.79. The van der Waals surface area contributed by atoms with Gasteiger partial charge in [0.25, 0.3) is 0 Å². The smallest absolute Gasteiger partial charge is 0.328 e. The highest BCUT2D eigenvalue weighted by Gasteiger charge is 2.25. The summed E-state index contributed by atoms with van der Waals surface area (Å²) in [4.78, 5) is 23.8. The third-order valence-electron chi connectivity index (χ3n) is 3.20. The Bertz CT molecular complexity index is 491. The number of nitrogens with two attached hydrogens (primary N) is 1. The Morgan fingerprint density at radius 3 is 2.27 bits per heavy atom. The van der Waals surface area contributed by atoms with Crippen molar-refractivity contribution < 1.29 is 19.4 Å². The van der Waals surface area contributed by atoms with Gasteiger partial charge in [-0.15, -0.1) is 12.4 Å². The molecular weight excluding hydrogens is 308 g/mol. The third kappa shape index (κ3) is 5.91. The number of nitrogens with one attached hydrogen (secondary N) is 1. The van der Waals surface area contributed by atoms with E-state index in [1.54, 1.807) is 12.1 Å². The molecule has 0 aliphatic carbocycles. The largest absolute Gasteiger partial charge is 0.508 e. The summed E-state index contributed by atoms with van der Waals surface area (Å²) in [6.07, 6.45) is 0.267. The lowest BCUT2D eigenvalue weighted by Gasteiger charge is -2.21. The van der Waals surface area contributed by atoms with Gasteiger partial charge in [-0.05, 0) is 23.6 Å². The van der Waals surface area contributed by atoms with Crippen molar-refractivity contribution in [3.05, 3.63) is 29.8 Å². The molecule has 0 spiro atoms. The third-order valence-corrected chi connectivity index (χ3v) is 3.20. The van der Waals surface area contributed by atoms with Crippen molar-refractivity contribution in [2.24, 2.45) is 11.7 Å². The van der Waals surface area contributed by atoms with Crippen molar-refractivity contribution in [1.82, 2.24) is 5.32 Å². The van der Waals surface area contributed by atoms with Gasteiger partial charge in [0.2, 0.25) is 5.91 Å². The number of phenolic OH excluding ortho intramolecular Hbond substituents is 1. The van der Waals surface area contributed by atoms with Crippen LogP contribution >= 0.6 is 12.4 Å². The standard InChI is InChI=1S/C15H22N2O4.ClH/c1-9(2)13(16)14(19)17-12(15(20)21-3)8-10-4-6-11(18)7-5-10;/h4-7,9,12-13,18H,8,16H2,1-3H3,(H,17,19);1H/t12-,13-;/m0./s1. The van der Waals surface area contributed by atoms with Gasteiger partial charge in [0.15, 0.2) is 0 Å². The number of esters is 1. The van der Waals surface area contributed by atoms with Gasteiger partial charge in [-0.1, -0.05) is 26.0 Å². The predicted octanol–water partition coefficient (Wildman–Crippen LogP) is 0.998. The molecular formula is C15H23ClN2O4. The molecule has 1 aromatic carbocycles. The van der Waals surface area contributed by atoms with E-state index in [0.717, 1.165) is 5.56 Å². The van der Waals surface area contributed by atoms with Gasteiger partial charge in [0, 0.05) is 6.42 Å². The molecule has 2 atom stereocenters. The van der Waals surface area contributed by atoms with E-state index in [0.29, 0.717) is 0 Å². The number of halogens is 1. The second kappa shape index (κ2) is 9.27. The molecule has 6 nitrogen and oxygen atoms in total. The average Bonchev–Trinajstić information content (AvgIpc) is 2.46. The number of carbonyl (C=O) groups is 2. The maximum Gasteiger partial charge on any atom is 0.328 e. The number of rotatable bonds is 6. The van der Waals surface area contributed by atoms with Crippen LogP contribution in [-0.2, 0) is 20.7 Å². The van der Waals surface area contributed by atoms with Gasteiger partial charge < -0.3 is 20.9 Å². The quantitative estimate of drug-likeness (QED) is 0.675. The second-order valence-corrected chi connectivity index (χ2v) is 5.22. The van der Waals surface area contributed by atoms with Crippen LogP contribution in [0.25, 0.3) is 0 Å². The first kappa shape index (κ1) is 20.2. The summed E-state index contributed by atoms with van der Waals surface area (Å²) < 4.78 is 4.71. The lowest BCUT2D eigenvalue weighted by molar-refractivity contribution is -0.145. The summed E-state index contributed by atoms with van der Waals surface area (Å²) in [5.41, 5.74) is 6.56. The van der Waals surface area contributed by atoms with Crippen LogP contribution in [0.1, 0.15) is 19.4 Å². The highest BCUT2D eigenvalue weighted by atomic mass is 35.5. The SMILES string of the molecule is COC(=O)[C@H](Cc1ccc(O)cc1)NC(=O)[C@@H](N)C(C)C.Cl. The van der Waals surface area contributed by atoms with E-state index >= 15 is 0 Å². The summed E-state index contributed by atoms with van der Waals surface area (Å²) in [7, 11) is 1.26. The van der Waals surface area contributed by atoms with Gasteiger partial charge in [-0.25, -0.2) is 4.79 Å². The Balaban J connectivity index is 0.00000441. The number of aromatic hydroxyl groups is 1. The zero-order valence-corrected chi connectivity index (χ0v) is 13.7. The molecule has 0 heterocycles. The fraction of sp³-hybridized carbons (Fsp3) is 0.467. The maximum atomic E-state index is 12.0. The Labute approximate surface area is 136 Å². The van der Waals surface area contributed by atoms with E-state index in [4.69, 9.17) is 10.5 Å². The van der Waals surface area contributed by atoms with Crippen molar-refractivity contribution in [3.8, 4) is 5.75 Å². The number of hydrogen-bond donors (Lipinski definition) is 3. The van der Waals surface area contributed by atoms with E-state index in [1.165, 1.54) is 19.2 Å². The summed E-state index contributed by atoms with van der Waals surface area (Å²) in [6.45, 7) is 3.66. The normalized spacial score (nSPS) is 13.0. The van der Waals surface area contributed by atoms with Crippen molar-refractivity contribution in [3.63, 3.8) is 0 Å². The Morgan fingerprint density at radius 2 is 1.82 bits per heavy atom. The molecule has 1 rings (SSSR count). The second-order valence-electron chi connectivity index (χ2n) is 5.22. The molecule has 124 valence electrons. The zero-order chi connectivity index (χ0) is 16.0. The molecule has 1 amide bonds. The average molecular weight is 331 g/mol. The summed E-state index contributed by atoms with van der Waals surface area (Å²) >= 11 is 0. The highest BCUT2D eigenvalue weighted by Crippen LogP contribution is 2.12. The first-order valence-corrected chi connectivity index (χ1v) is 6.76. The summed E-state index contributed by atoms with van der Waals surface area (Å²) in [5, 5.41) is 11.9. The van der Waals surface area contributed by atoms with E-state index in [-0.39, 0.29) is 36.4 Å². The molecule has 0 saturated carbocycles. The van der Waals surface area contributed by atoms with Crippen molar-refractivity contribution in [1.29, 1.82) is 0 Å². The van der Waals surface area contributed by atoms with Crippen molar-refractivity contribution >= 4 is 24.3 Å². The topological polar surface area (TPSA) is 102 Å². The number of hydrogen-bond acceptors (Lipinski definition) is 5. The number of carbonyl (C=O) groups excluding carboxylic acids is 2. The molecule has 0 aromatic heterocycles. The van der Waals surface area contributed by atoms with Crippen molar-refractivity contribution in [2.75, 3.05) is 7.11 Å². The van der Waals surface area contributed by atoms with E-state index in [9.17, 15) is 14.7 Å². The number of methoxy groups -OCH3 is 1. The fourth-order valence-electron chi connectivity index (χ4n) is 1.77. The monoisotopic (exact) mass is 330 g/mol. The number of phenols is 1. The molecule has 0 unspecified atom stereocenters. The van der Waals surface area contributed by atoms with Gasteiger partial charge >= 0.3 is 5.97 Å². The molecule has 22 heavy (non-hydrogen) atoms. The van der Waals surface area contributed by atoms with Crippen LogP contribution in [0, 0.1) is 5.92 Å². The van der Waals surface area contributed by atoms with E-state index < -0.39 is 18.1 Å². The predicted molar refractivity (Wildman–Crippen MR) is 85.8 cm³/mol. The van der Waals surface area contributed by atoms with Crippen LogP contribution < -0.4 is 11.1 Å². The van der Waals surface area contributed by atoms with Crippen LogP contribution in [0.15, 0.2) is 24.3 Å². The molecule has 0 aliphatic rings. The number of amides is 1. The lowest BCUT2D eigenvalue weighted by atomic mass is 10.0. The minimum Gasteiger partial charge on any atom is -0.508 e. The minimum atomic E-state index is -0.808. The molecule has 0 fully saturated rings. The van der Waals surface area contributed by atoms with Crippen LogP contribution in [0.5, 0.6) is 5.75 Å². The molecule has 0 radical (unpaired) electrons. The first-order chi connectivity index (χ1) is 9.85. The van der Waals surface area contributed by atoms with Gasteiger partial charge in [-0.2, -0.15) is 0 Å². The Morgan fingerprint density at radius 1 is 1.27 bits per heavy atom. The Kier molecular flexibility index (Phi) is 8.52. The zero-order valence-electron chi connectivity index (χ0n) is 12.9. The summed E-state index contributed by atoms with van der Waals surface area (Å²) in [5.74, 6) is -0.817. The van der Waals surface area contributed by atoms with Gasteiger partial charge in [-0.3, -0.25) is 4.79 Å². The number of ether oxygens (including phenoxy) is 1. The lowest BCUT2D eigenvalue weighted by Crippen LogP contribution is -2.51. The molecule has 0 bridgehead atoms. The van der Waals surface area contributed by atoms with E-state index in [1.807, 2.05) is 13.8 Å². The van der Waals surface area contributed by atoms with Crippen molar-refractivity contribution in [2.45, 2.75) is 32.4 Å². The van der Waals surface area contributed by atoms with Gasteiger partial charge in [0.1, 0.15) is 11.8 Å². The fourth-order valence-corrected chi connectivity index (χ4v) is 1.77. The molecule has 1 aromatic rings. The molecule has 4 N–H and O–H groups in total. The number of benzene rings is 1. The maximum absolute atomic E-state index is 12.0. The van der Waals surface area contributed by atoms with Crippen LogP contribution in [-0.4, -0.2) is 36.2 Å². The van der Waals surface area contributed by atoms with E-state index in [2.05, 4.69) is 5.32 Å². The van der Waals surface area contributed by atoms with Gasteiger partial charge in [0.05, 0.1) is 13.2 Å². The van der Waals surface area contributed by atoms with Crippen LogP contribution in [0.3, 0.4) is 0 Å².